The van der Waals surface area contributed by atoms with Crippen LogP contribution in [0.3, 0.4) is 0 Å². The molecule has 1 atom stereocenters. The van der Waals surface area contributed by atoms with E-state index < -0.39 is 5.97 Å². The molecule has 1 saturated carbocycles. The van der Waals surface area contributed by atoms with Crippen LogP contribution in [0, 0.1) is 11.8 Å². The van der Waals surface area contributed by atoms with E-state index in [0.29, 0.717) is 5.92 Å². The molecule has 2 nitrogen and oxygen atoms in total. The van der Waals surface area contributed by atoms with Gasteiger partial charge in [-0.3, -0.25) is 4.79 Å². The van der Waals surface area contributed by atoms with Crippen LogP contribution in [-0.4, -0.2) is 17.0 Å². The number of hydrogen-bond acceptors (Lipinski definition) is 1. The van der Waals surface area contributed by atoms with Gasteiger partial charge in [-0.15, -0.1) is 11.6 Å². The van der Waals surface area contributed by atoms with Crippen LogP contribution < -0.4 is 0 Å². The highest BCUT2D eigenvalue weighted by atomic mass is 35.5. The van der Waals surface area contributed by atoms with Crippen LogP contribution in [0.4, 0.5) is 0 Å². The van der Waals surface area contributed by atoms with Gasteiger partial charge in [0.1, 0.15) is 0 Å². The average molecular weight is 205 g/mol. The number of alkyl halides is 1. The number of halogens is 1. The number of carbonyl (C=O) groups is 1. The lowest BCUT2D eigenvalue weighted by molar-refractivity contribution is -0.141. The molecule has 0 radical (unpaired) electrons. The molecule has 1 aliphatic carbocycles. The van der Waals surface area contributed by atoms with Crippen molar-refractivity contribution in [2.45, 2.75) is 38.5 Å². The summed E-state index contributed by atoms with van der Waals surface area (Å²) < 4.78 is 0. The number of aliphatic carboxylic acids is 1. The second kappa shape index (κ2) is 5.48. The highest BCUT2D eigenvalue weighted by Gasteiger charge is 2.22. The number of hydrogen-bond donors (Lipinski definition) is 1. The number of rotatable bonds is 4. The third-order valence-electron chi connectivity index (χ3n) is 2.88. The maximum absolute atomic E-state index is 10.7. The first-order valence-electron chi connectivity index (χ1n) is 5.02. The first-order chi connectivity index (χ1) is 6.24. The van der Waals surface area contributed by atoms with E-state index in [9.17, 15) is 4.79 Å². The van der Waals surface area contributed by atoms with Gasteiger partial charge in [-0.1, -0.05) is 32.1 Å². The van der Waals surface area contributed by atoms with Crippen molar-refractivity contribution in [3.63, 3.8) is 0 Å². The van der Waals surface area contributed by atoms with Crippen LogP contribution in [0.25, 0.3) is 0 Å². The molecule has 1 N–H and O–H groups in total. The minimum Gasteiger partial charge on any atom is -0.481 e. The van der Waals surface area contributed by atoms with Crippen molar-refractivity contribution in [2.24, 2.45) is 11.8 Å². The second-order valence-electron chi connectivity index (χ2n) is 3.93. The van der Waals surface area contributed by atoms with E-state index >= 15 is 0 Å². The zero-order valence-corrected chi connectivity index (χ0v) is 8.59. The van der Waals surface area contributed by atoms with Gasteiger partial charge in [-0.25, -0.2) is 0 Å². The molecule has 13 heavy (non-hydrogen) atoms. The Hall–Kier alpha value is -0.240. The van der Waals surface area contributed by atoms with Crippen LogP contribution in [-0.2, 0) is 4.79 Å². The summed E-state index contributed by atoms with van der Waals surface area (Å²) in [4.78, 5) is 10.7. The molecular weight excluding hydrogens is 188 g/mol. The van der Waals surface area contributed by atoms with Crippen molar-refractivity contribution in [2.75, 3.05) is 5.88 Å². The lowest BCUT2D eigenvalue weighted by Crippen LogP contribution is -2.20. The van der Waals surface area contributed by atoms with Crippen molar-refractivity contribution >= 4 is 17.6 Å². The minimum atomic E-state index is -0.736. The molecule has 0 heterocycles. The van der Waals surface area contributed by atoms with Gasteiger partial charge in [0, 0.05) is 5.88 Å². The number of carboxylic acid groups (broad SMARTS) is 1. The topological polar surface area (TPSA) is 37.3 Å². The predicted molar refractivity (Wildman–Crippen MR) is 53.0 cm³/mol. The molecule has 0 aliphatic heterocycles. The van der Waals surface area contributed by atoms with Crippen molar-refractivity contribution in [3.05, 3.63) is 0 Å². The van der Waals surface area contributed by atoms with Crippen LogP contribution in [0.2, 0.25) is 0 Å². The fourth-order valence-corrected chi connectivity index (χ4v) is 2.31. The van der Waals surface area contributed by atoms with Gasteiger partial charge in [0.05, 0.1) is 5.92 Å². The first kappa shape index (κ1) is 10.8. The first-order valence-corrected chi connectivity index (χ1v) is 5.56. The van der Waals surface area contributed by atoms with Crippen LogP contribution in [0.5, 0.6) is 0 Å². The molecule has 1 fully saturated rings. The van der Waals surface area contributed by atoms with Gasteiger partial charge in [0.2, 0.25) is 0 Å². The smallest absolute Gasteiger partial charge is 0.307 e. The zero-order chi connectivity index (χ0) is 9.68. The molecule has 1 aliphatic rings. The minimum absolute atomic E-state index is 0.256. The molecule has 76 valence electrons. The Morgan fingerprint density at radius 3 is 2.46 bits per heavy atom. The molecule has 1 rings (SSSR count). The largest absolute Gasteiger partial charge is 0.481 e. The van der Waals surface area contributed by atoms with Crippen LogP contribution in [0.1, 0.15) is 38.5 Å². The van der Waals surface area contributed by atoms with E-state index in [1.54, 1.807) is 0 Å². The maximum atomic E-state index is 10.7. The molecule has 0 aromatic carbocycles. The summed E-state index contributed by atoms with van der Waals surface area (Å²) in [6.45, 7) is 0. The second-order valence-corrected chi connectivity index (χ2v) is 4.24. The molecule has 0 saturated heterocycles. The molecule has 0 spiro atoms. The summed E-state index contributed by atoms with van der Waals surface area (Å²) in [6.07, 6.45) is 7.01. The summed E-state index contributed by atoms with van der Waals surface area (Å²) in [5, 5.41) is 8.82. The molecular formula is C10H17ClO2. The normalized spacial score (nSPS) is 21.3. The SMILES string of the molecule is O=C(O)C(CCl)CC1CCCCC1. The van der Waals surface area contributed by atoms with E-state index in [1.807, 2.05) is 0 Å². The molecule has 0 aromatic rings. The van der Waals surface area contributed by atoms with Crippen molar-refractivity contribution < 1.29 is 9.90 Å². The highest BCUT2D eigenvalue weighted by Crippen LogP contribution is 2.29. The van der Waals surface area contributed by atoms with Crippen molar-refractivity contribution in [3.8, 4) is 0 Å². The van der Waals surface area contributed by atoms with Crippen molar-refractivity contribution in [1.29, 1.82) is 0 Å². The van der Waals surface area contributed by atoms with Gasteiger partial charge >= 0.3 is 5.97 Å². The van der Waals surface area contributed by atoms with Gasteiger partial charge in [0.15, 0.2) is 0 Å². The van der Waals surface area contributed by atoms with Crippen LogP contribution >= 0.6 is 11.6 Å². The van der Waals surface area contributed by atoms with Crippen LogP contribution in [0.15, 0.2) is 0 Å². The fraction of sp³-hybridized carbons (Fsp3) is 0.900. The lowest BCUT2D eigenvalue weighted by Gasteiger charge is -2.23. The van der Waals surface area contributed by atoms with E-state index in [2.05, 4.69) is 0 Å². The zero-order valence-electron chi connectivity index (χ0n) is 7.84. The average Bonchev–Trinajstić information content (AvgIpc) is 2.15. The van der Waals surface area contributed by atoms with Gasteiger partial charge in [0.25, 0.3) is 0 Å². The maximum Gasteiger partial charge on any atom is 0.307 e. The Balaban J connectivity index is 2.31. The van der Waals surface area contributed by atoms with E-state index in [-0.39, 0.29) is 11.8 Å². The third-order valence-corrected chi connectivity index (χ3v) is 3.25. The Morgan fingerprint density at radius 1 is 1.38 bits per heavy atom. The Morgan fingerprint density at radius 2 is 2.00 bits per heavy atom. The Labute approximate surface area is 84.3 Å². The van der Waals surface area contributed by atoms with Crippen molar-refractivity contribution in [1.82, 2.24) is 0 Å². The monoisotopic (exact) mass is 204 g/mol. The summed E-state index contributed by atoms with van der Waals surface area (Å²) in [7, 11) is 0. The Kier molecular flexibility index (Phi) is 4.57. The molecule has 0 amide bonds. The summed E-state index contributed by atoms with van der Waals surface area (Å²) in [5.41, 5.74) is 0. The Bertz CT molecular complexity index is 164. The summed E-state index contributed by atoms with van der Waals surface area (Å²) in [6, 6.07) is 0. The van der Waals surface area contributed by atoms with E-state index in [4.69, 9.17) is 16.7 Å². The molecule has 0 aromatic heterocycles. The molecule has 0 bridgehead atoms. The quantitative estimate of drug-likeness (QED) is 0.715. The third kappa shape index (κ3) is 3.55. The lowest BCUT2D eigenvalue weighted by atomic mass is 9.83. The number of carboxylic acids is 1. The van der Waals surface area contributed by atoms with Gasteiger partial charge in [-0.2, -0.15) is 0 Å². The highest BCUT2D eigenvalue weighted by molar-refractivity contribution is 6.19. The van der Waals surface area contributed by atoms with E-state index in [0.717, 1.165) is 6.42 Å². The standard InChI is InChI=1S/C10H17ClO2/c11-7-9(10(12)13)6-8-4-2-1-3-5-8/h8-9H,1-7H2,(H,12,13). The molecule has 3 heteroatoms. The summed E-state index contributed by atoms with van der Waals surface area (Å²) in [5.74, 6) is -0.204. The van der Waals surface area contributed by atoms with Gasteiger partial charge in [-0.05, 0) is 12.3 Å². The summed E-state index contributed by atoms with van der Waals surface area (Å²) >= 11 is 5.60. The van der Waals surface area contributed by atoms with E-state index in [1.165, 1.54) is 32.1 Å². The predicted octanol–water partition coefficient (Wildman–Crippen LogP) is 2.90. The fourth-order valence-electron chi connectivity index (χ4n) is 2.06. The van der Waals surface area contributed by atoms with Gasteiger partial charge < -0.3 is 5.11 Å². The molecule has 1 unspecified atom stereocenters.